The lowest BCUT2D eigenvalue weighted by atomic mass is 9.80. The Hall–Kier alpha value is -6.09. The number of ether oxygens (including phenoxy) is 3. The van der Waals surface area contributed by atoms with Crippen LogP contribution in [0.3, 0.4) is 0 Å². The van der Waals surface area contributed by atoms with Gasteiger partial charge in [0.25, 0.3) is 5.91 Å². The fourth-order valence-electron chi connectivity index (χ4n) is 6.35. The van der Waals surface area contributed by atoms with Gasteiger partial charge in [-0.1, -0.05) is 96.1 Å². The number of hydrogen-bond donors (Lipinski definition) is 2. The minimum absolute atomic E-state index is 0.0477. The predicted octanol–water partition coefficient (Wildman–Crippen LogP) is 7.79. The average Bonchev–Trinajstić information content (AvgIpc) is 3.58. The Morgan fingerprint density at radius 1 is 0.885 bits per heavy atom. The van der Waals surface area contributed by atoms with Gasteiger partial charge in [-0.2, -0.15) is 0 Å². The zero-order valence-corrected chi connectivity index (χ0v) is 29.0. The maximum absolute atomic E-state index is 14.8. The van der Waals surface area contributed by atoms with Crippen LogP contribution in [0.2, 0.25) is 0 Å². The molecule has 1 aliphatic heterocycles. The molecule has 0 bridgehead atoms. The number of nitrogens with one attached hydrogen (secondary N) is 1. The van der Waals surface area contributed by atoms with Crippen LogP contribution in [-0.2, 0) is 28.9 Å². The Labute approximate surface area is 303 Å². The number of aliphatic hydroxyl groups excluding tert-OH is 1. The monoisotopic (exact) mass is 695 g/mol. The SMILES string of the molecule is COc1cccc(CCNC(=O)[C@]2(Cc3ccccc3CN=[N+]=[N-])N=C(c3ccc(OCCCO)cc3)O[C@@H]2c2ccc(-c3ccccc3)cc2)c1. The van der Waals surface area contributed by atoms with E-state index in [1.165, 1.54) is 0 Å². The molecule has 264 valence electrons. The molecule has 1 aliphatic rings. The second-order valence-corrected chi connectivity index (χ2v) is 12.5. The summed E-state index contributed by atoms with van der Waals surface area (Å²) in [6.45, 7) is 0.930. The van der Waals surface area contributed by atoms with Crippen LogP contribution in [0.25, 0.3) is 21.6 Å². The second kappa shape index (κ2) is 17.2. The zero-order chi connectivity index (χ0) is 36.2. The molecule has 10 heteroatoms. The van der Waals surface area contributed by atoms with E-state index in [1.54, 1.807) is 7.11 Å². The maximum atomic E-state index is 14.8. The summed E-state index contributed by atoms with van der Waals surface area (Å²) in [6.07, 6.45) is 0.500. The number of amides is 1. The molecule has 52 heavy (non-hydrogen) atoms. The number of rotatable bonds is 16. The Kier molecular flexibility index (Phi) is 11.8. The summed E-state index contributed by atoms with van der Waals surface area (Å²) in [5.41, 5.74) is 13.9. The highest BCUT2D eigenvalue weighted by Gasteiger charge is 2.53. The van der Waals surface area contributed by atoms with Crippen molar-refractivity contribution in [1.82, 2.24) is 5.32 Å². The smallest absolute Gasteiger partial charge is 0.252 e. The molecule has 2 atom stereocenters. The predicted molar refractivity (Wildman–Crippen MR) is 201 cm³/mol. The Balaban J connectivity index is 1.41. The van der Waals surface area contributed by atoms with Gasteiger partial charge in [0, 0.05) is 36.5 Å². The number of aliphatic hydroxyl groups is 1. The lowest BCUT2D eigenvalue weighted by Gasteiger charge is -2.31. The Morgan fingerprint density at radius 2 is 1.60 bits per heavy atom. The molecule has 0 saturated carbocycles. The van der Waals surface area contributed by atoms with Crippen LogP contribution < -0.4 is 14.8 Å². The van der Waals surface area contributed by atoms with Gasteiger partial charge in [-0.3, -0.25) is 4.79 Å². The summed E-state index contributed by atoms with van der Waals surface area (Å²) < 4.78 is 17.9. The van der Waals surface area contributed by atoms with Crippen LogP contribution in [0.5, 0.6) is 11.5 Å². The van der Waals surface area contributed by atoms with Crippen molar-refractivity contribution in [3.05, 3.63) is 166 Å². The first kappa shape index (κ1) is 35.7. The summed E-state index contributed by atoms with van der Waals surface area (Å²) in [5, 5.41) is 16.2. The average molecular weight is 696 g/mol. The maximum Gasteiger partial charge on any atom is 0.252 e. The minimum atomic E-state index is -1.43. The number of hydrogen-bond acceptors (Lipinski definition) is 7. The van der Waals surface area contributed by atoms with E-state index < -0.39 is 11.6 Å². The number of azide groups is 1. The summed E-state index contributed by atoms with van der Waals surface area (Å²) >= 11 is 0. The molecular weight excluding hydrogens is 654 g/mol. The summed E-state index contributed by atoms with van der Waals surface area (Å²) in [5.74, 6) is 1.44. The van der Waals surface area contributed by atoms with Crippen LogP contribution in [-0.4, -0.2) is 49.3 Å². The van der Waals surface area contributed by atoms with Crippen molar-refractivity contribution in [3.63, 3.8) is 0 Å². The fraction of sp³-hybridized carbons (Fsp3) is 0.238. The molecule has 5 aromatic carbocycles. The van der Waals surface area contributed by atoms with Crippen molar-refractivity contribution in [3.8, 4) is 22.6 Å². The van der Waals surface area contributed by atoms with Crippen molar-refractivity contribution in [2.75, 3.05) is 26.9 Å². The van der Waals surface area contributed by atoms with Crippen molar-refractivity contribution >= 4 is 11.8 Å². The van der Waals surface area contributed by atoms with Gasteiger partial charge in [-0.05, 0) is 81.7 Å². The summed E-state index contributed by atoms with van der Waals surface area (Å²) in [7, 11) is 1.63. The second-order valence-electron chi connectivity index (χ2n) is 12.5. The number of carbonyl (C=O) groups is 1. The number of aliphatic imine (C=N–C) groups is 1. The first-order valence-electron chi connectivity index (χ1n) is 17.3. The minimum Gasteiger partial charge on any atom is -0.497 e. The van der Waals surface area contributed by atoms with E-state index in [-0.39, 0.29) is 25.5 Å². The number of benzene rings is 5. The van der Waals surface area contributed by atoms with E-state index in [4.69, 9.17) is 29.8 Å². The van der Waals surface area contributed by atoms with Crippen molar-refractivity contribution in [2.45, 2.75) is 37.5 Å². The van der Waals surface area contributed by atoms with Crippen molar-refractivity contribution < 1.29 is 24.1 Å². The van der Waals surface area contributed by atoms with Gasteiger partial charge >= 0.3 is 0 Å². The van der Waals surface area contributed by atoms with E-state index in [2.05, 4.69) is 27.5 Å². The highest BCUT2D eigenvalue weighted by Crippen LogP contribution is 2.43. The molecule has 0 saturated heterocycles. The van der Waals surface area contributed by atoms with Crippen LogP contribution in [0.1, 0.15) is 40.3 Å². The van der Waals surface area contributed by atoms with Gasteiger partial charge in [0.15, 0.2) is 11.6 Å². The number of carbonyl (C=O) groups excluding carboxylic acids is 1. The molecule has 1 heterocycles. The standard InChI is InChI=1S/C42H41N5O5/c1-50-38-14-7-9-30(27-38)23-24-44-41(49)42(28-35-12-5-6-13-36(35)29-45-47-43)39(33-17-15-32(16-18-33)31-10-3-2-4-11-31)52-40(46-42)34-19-21-37(22-20-34)51-26-8-25-48/h2-7,9-22,27,39,48H,8,23-26,28-29H2,1H3,(H,44,49)/t39-,42-/m1/s1. The molecule has 0 aromatic heterocycles. The zero-order valence-electron chi connectivity index (χ0n) is 29.0. The number of methoxy groups -OCH3 is 1. The molecule has 0 spiro atoms. The van der Waals surface area contributed by atoms with Gasteiger partial charge < -0.3 is 24.6 Å². The third-order valence-electron chi connectivity index (χ3n) is 9.07. The molecule has 0 aliphatic carbocycles. The Morgan fingerprint density at radius 3 is 2.33 bits per heavy atom. The third kappa shape index (κ3) is 8.43. The van der Waals surface area contributed by atoms with Gasteiger partial charge in [-0.25, -0.2) is 4.99 Å². The molecule has 2 N–H and O–H groups in total. The summed E-state index contributed by atoms with van der Waals surface area (Å²) in [6, 6.07) is 40.9. The highest BCUT2D eigenvalue weighted by atomic mass is 16.5. The first-order valence-corrected chi connectivity index (χ1v) is 17.3. The molecule has 1 amide bonds. The van der Waals surface area contributed by atoms with Crippen LogP contribution in [0, 0.1) is 0 Å². The van der Waals surface area contributed by atoms with Gasteiger partial charge in [0.2, 0.25) is 5.90 Å². The molecule has 5 aromatic rings. The van der Waals surface area contributed by atoms with Crippen molar-refractivity contribution in [1.29, 1.82) is 0 Å². The molecule has 6 rings (SSSR count). The van der Waals surface area contributed by atoms with Gasteiger partial charge in [-0.15, -0.1) is 0 Å². The Bertz CT molecular complexity index is 2030. The quantitative estimate of drug-likeness (QED) is 0.0470. The van der Waals surface area contributed by atoms with Gasteiger partial charge in [0.1, 0.15) is 11.5 Å². The van der Waals surface area contributed by atoms with Crippen LogP contribution >= 0.6 is 0 Å². The van der Waals surface area contributed by atoms with Crippen molar-refractivity contribution in [2.24, 2.45) is 10.1 Å². The lowest BCUT2D eigenvalue weighted by Crippen LogP contribution is -2.50. The summed E-state index contributed by atoms with van der Waals surface area (Å²) in [4.78, 5) is 23.0. The molecular formula is C42H41N5O5. The van der Waals surface area contributed by atoms with E-state index in [0.717, 1.165) is 39.1 Å². The third-order valence-corrected chi connectivity index (χ3v) is 9.07. The fourth-order valence-corrected chi connectivity index (χ4v) is 6.35. The molecule has 0 radical (unpaired) electrons. The molecule has 0 fully saturated rings. The van der Waals surface area contributed by atoms with Gasteiger partial charge in [0.05, 0.1) is 20.3 Å². The van der Waals surface area contributed by atoms with E-state index in [0.29, 0.717) is 43.2 Å². The lowest BCUT2D eigenvalue weighted by molar-refractivity contribution is -0.128. The first-order chi connectivity index (χ1) is 25.5. The highest BCUT2D eigenvalue weighted by molar-refractivity contribution is 6.01. The van der Waals surface area contributed by atoms with E-state index in [9.17, 15) is 4.79 Å². The van der Waals surface area contributed by atoms with E-state index in [1.807, 2.05) is 115 Å². The van der Waals surface area contributed by atoms with Crippen LogP contribution in [0.4, 0.5) is 0 Å². The topological polar surface area (TPSA) is 138 Å². The molecule has 10 nitrogen and oxygen atoms in total. The normalized spacial score (nSPS) is 16.3. The molecule has 0 unspecified atom stereocenters. The van der Waals surface area contributed by atoms with Crippen LogP contribution in [0.15, 0.2) is 138 Å². The van der Waals surface area contributed by atoms with E-state index >= 15 is 0 Å². The number of nitrogens with zero attached hydrogens (tertiary/aromatic N) is 4. The largest absolute Gasteiger partial charge is 0.497 e.